The van der Waals surface area contributed by atoms with Crippen molar-refractivity contribution in [1.29, 1.82) is 0 Å². The molecule has 0 aliphatic heterocycles. The van der Waals surface area contributed by atoms with Gasteiger partial charge in [0.15, 0.2) is 6.10 Å². The van der Waals surface area contributed by atoms with E-state index in [2.05, 4.69) is 4.98 Å². The van der Waals surface area contributed by atoms with E-state index in [4.69, 9.17) is 9.47 Å². The second-order valence-corrected chi connectivity index (χ2v) is 5.56. The SMILES string of the molecule is CC(OC(=O)c1ccccc1Oc1cccnc1)C(=O)c1ccccc1. The van der Waals surface area contributed by atoms with Crippen molar-refractivity contribution < 1.29 is 19.1 Å². The number of hydrogen-bond donors (Lipinski definition) is 0. The molecule has 0 fully saturated rings. The number of aromatic nitrogens is 1. The van der Waals surface area contributed by atoms with Crippen LogP contribution < -0.4 is 4.74 Å². The van der Waals surface area contributed by atoms with Gasteiger partial charge in [-0.05, 0) is 31.2 Å². The fraction of sp³-hybridized carbons (Fsp3) is 0.0952. The number of benzene rings is 2. The van der Waals surface area contributed by atoms with Gasteiger partial charge in [-0.1, -0.05) is 42.5 Å². The highest BCUT2D eigenvalue weighted by Crippen LogP contribution is 2.25. The third-order valence-corrected chi connectivity index (χ3v) is 3.68. The Bertz CT molecular complexity index is 894. The van der Waals surface area contributed by atoms with Gasteiger partial charge in [-0.3, -0.25) is 9.78 Å². The van der Waals surface area contributed by atoms with E-state index in [0.717, 1.165) is 0 Å². The Labute approximate surface area is 151 Å². The van der Waals surface area contributed by atoms with Crippen LogP contribution in [0.25, 0.3) is 0 Å². The third-order valence-electron chi connectivity index (χ3n) is 3.68. The maximum Gasteiger partial charge on any atom is 0.342 e. The van der Waals surface area contributed by atoms with E-state index in [1.165, 1.54) is 0 Å². The van der Waals surface area contributed by atoms with E-state index in [9.17, 15) is 9.59 Å². The molecule has 0 aliphatic rings. The molecular weight excluding hydrogens is 330 g/mol. The highest BCUT2D eigenvalue weighted by Gasteiger charge is 2.22. The van der Waals surface area contributed by atoms with Crippen LogP contribution in [0.4, 0.5) is 0 Å². The predicted molar refractivity (Wildman–Crippen MR) is 96.4 cm³/mol. The summed E-state index contributed by atoms with van der Waals surface area (Å²) in [6, 6.07) is 18.9. The Morgan fingerprint density at radius 3 is 2.38 bits per heavy atom. The Balaban J connectivity index is 1.75. The molecule has 1 atom stereocenters. The van der Waals surface area contributed by atoms with Crippen molar-refractivity contribution in [2.45, 2.75) is 13.0 Å². The molecule has 0 saturated carbocycles. The summed E-state index contributed by atoms with van der Waals surface area (Å²) in [5, 5.41) is 0. The van der Waals surface area contributed by atoms with Crippen molar-refractivity contribution >= 4 is 11.8 Å². The summed E-state index contributed by atoms with van der Waals surface area (Å²) < 4.78 is 11.1. The number of esters is 1. The van der Waals surface area contributed by atoms with Gasteiger partial charge < -0.3 is 9.47 Å². The Morgan fingerprint density at radius 1 is 0.923 bits per heavy atom. The van der Waals surface area contributed by atoms with Crippen LogP contribution in [0.5, 0.6) is 11.5 Å². The Hall–Kier alpha value is -3.47. The number of ether oxygens (including phenoxy) is 2. The number of para-hydroxylation sites is 1. The number of Topliss-reactive ketones (excluding diaryl/α,β-unsaturated/α-hetero) is 1. The van der Waals surface area contributed by atoms with E-state index in [1.54, 1.807) is 80.0 Å². The highest BCUT2D eigenvalue weighted by molar-refractivity contribution is 6.01. The molecule has 0 spiro atoms. The van der Waals surface area contributed by atoms with Crippen molar-refractivity contribution in [2.24, 2.45) is 0 Å². The molecule has 0 bridgehead atoms. The van der Waals surface area contributed by atoms with E-state index >= 15 is 0 Å². The highest BCUT2D eigenvalue weighted by atomic mass is 16.5. The van der Waals surface area contributed by atoms with Gasteiger partial charge in [-0.15, -0.1) is 0 Å². The van der Waals surface area contributed by atoms with Crippen LogP contribution in [0.3, 0.4) is 0 Å². The fourth-order valence-corrected chi connectivity index (χ4v) is 2.37. The van der Waals surface area contributed by atoms with Gasteiger partial charge in [-0.25, -0.2) is 4.79 Å². The van der Waals surface area contributed by atoms with Gasteiger partial charge in [0.1, 0.15) is 17.1 Å². The summed E-state index contributed by atoms with van der Waals surface area (Å²) in [6.45, 7) is 1.55. The fourth-order valence-electron chi connectivity index (χ4n) is 2.37. The van der Waals surface area contributed by atoms with Gasteiger partial charge in [-0.2, -0.15) is 0 Å². The standard InChI is InChI=1S/C21H17NO4/c1-15(20(23)16-8-3-2-4-9-16)25-21(24)18-11-5-6-12-19(18)26-17-10-7-13-22-14-17/h2-15H,1H3. The first-order valence-corrected chi connectivity index (χ1v) is 8.12. The summed E-state index contributed by atoms with van der Waals surface area (Å²) in [7, 11) is 0. The summed E-state index contributed by atoms with van der Waals surface area (Å²) in [4.78, 5) is 28.9. The van der Waals surface area contributed by atoms with Crippen LogP contribution >= 0.6 is 0 Å². The normalized spacial score (nSPS) is 11.4. The number of carbonyl (C=O) groups excluding carboxylic acids is 2. The quantitative estimate of drug-likeness (QED) is 0.491. The molecule has 0 radical (unpaired) electrons. The number of carbonyl (C=O) groups is 2. The van der Waals surface area contributed by atoms with Crippen LogP contribution in [0, 0.1) is 0 Å². The molecule has 0 saturated heterocycles. The zero-order chi connectivity index (χ0) is 18.4. The molecule has 5 nitrogen and oxygen atoms in total. The summed E-state index contributed by atoms with van der Waals surface area (Å²) in [6.07, 6.45) is 2.27. The molecule has 1 heterocycles. The van der Waals surface area contributed by atoms with E-state index in [0.29, 0.717) is 17.1 Å². The lowest BCUT2D eigenvalue weighted by Crippen LogP contribution is -2.24. The van der Waals surface area contributed by atoms with Crippen LogP contribution in [-0.2, 0) is 4.74 Å². The van der Waals surface area contributed by atoms with Crippen molar-refractivity contribution in [1.82, 2.24) is 4.98 Å². The molecule has 3 rings (SSSR count). The topological polar surface area (TPSA) is 65.5 Å². The van der Waals surface area contributed by atoms with Crippen molar-refractivity contribution in [2.75, 3.05) is 0 Å². The number of ketones is 1. The number of nitrogens with zero attached hydrogens (tertiary/aromatic N) is 1. The largest absolute Gasteiger partial charge is 0.455 e. The average molecular weight is 347 g/mol. The maximum atomic E-state index is 12.5. The number of pyridine rings is 1. The van der Waals surface area contributed by atoms with Gasteiger partial charge in [0, 0.05) is 11.8 Å². The molecule has 3 aromatic rings. The van der Waals surface area contributed by atoms with Crippen LogP contribution in [0.2, 0.25) is 0 Å². The lowest BCUT2D eigenvalue weighted by atomic mass is 10.1. The first-order valence-electron chi connectivity index (χ1n) is 8.12. The molecule has 26 heavy (non-hydrogen) atoms. The van der Waals surface area contributed by atoms with E-state index in [1.807, 2.05) is 6.07 Å². The van der Waals surface area contributed by atoms with Crippen molar-refractivity contribution in [3.05, 3.63) is 90.3 Å². The monoisotopic (exact) mass is 347 g/mol. The predicted octanol–water partition coefficient (Wildman–Crippen LogP) is 4.30. The van der Waals surface area contributed by atoms with Gasteiger partial charge >= 0.3 is 5.97 Å². The first kappa shape index (κ1) is 17.4. The van der Waals surface area contributed by atoms with Gasteiger partial charge in [0.2, 0.25) is 5.78 Å². The summed E-state index contributed by atoms with van der Waals surface area (Å²) in [5.74, 6) is -0.0445. The van der Waals surface area contributed by atoms with Gasteiger partial charge in [0.25, 0.3) is 0 Å². The van der Waals surface area contributed by atoms with Crippen molar-refractivity contribution in [3.8, 4) is 11.5 Å². The second-order valence-electron chi connectivity index (χ2n) is 5.56. The van der Waals surface area contributed by atoms with E-state index in [-0.39, 0.29) is 11.3 Å². The van der Waals surface area contributed by atoms with Crippen LogP contribution in [0.1, 0.15) is 27.6 Å². The number of hydrogen-bond acceptors (Lipinski definition) is 5. The molecule has 1 aromatic heterocycles. The minimum absolute atomic E-state index is 0.240. The zero-order valence-electron chi connectivity index (χ0n) is 14.2. The summed E-state index contributed by atoms with van der Waals surface area (Å²) in [5.41, 5.74) is 0.733. The molecule has 2 aromatic carbocycles. The maximum absolute atomic E-state index is 12.5. The third kappa shape index (κ3) is 4.13. The van der Waals surface area contributed by atoms with Crippen LogP contribution in [0.15, 0.2) is 79.1 Å². The van der Waals surface area contributed by atoms with Crippen molar-refractivity contribution in [3.63, 3.8) is 0 Å². The Kier molecular flexibility index (Phi) is 5.39. The lowest BCUT2D eigenvalue weighted by Gasteiger charge is -2.14. The Morgan fingerprint density at radius 2 is 1.65 bits per heavy atom. The molecular formula is C21H17NO4. The molecule has 0 N–H and O–H groups in total. The molecule has 0 amide bonds. The summed E-state index contributed by atoms with van der Waals surface area (Å²) >= 11 is 0. The number of rotatable bonds is 6. The molecule has 1 unspecified atom stereocenters. The molecule has 0 aliphatic carbocycles. The second kappa shape index (κ2) is 8.07. The smallest absolute Gasteiger partial charge is 0.342 e. The van der Waals surface area contributed by atoms with Gasteiger partial charge in [0.05, 0.1) is 6.20 Å². The molecule has 130 valence electrons. The molecule has 5 heteroatoms. The first-order chi connectivity index (χ1) is 12.6. The minimum atomic E-state index is -0.906. The lowest BCUT2D eigenvalue weighted by molar-refractivity contribution is 0.0316. The zero-order valence-corrected chi connectivity index (χ0v) is 14.2. The minimum Gasteiger partial charge on any atom is -0.455 e. The van der Waals surface area contributed by atoms with E-state index < -0.39 is 12.1 Å². The van der Waals surface area contributed by atoms with Crippen LogP contribution in [-0.4, -0.2) is 22.8 Å². The average Bonchev–Trinajstić information content (AvgIpc) is 2.69.